The van der Waals surface area contributed by atoms with Gasteiger partial charge in [-0.3, -0.25) is 4.79 Å². The summed E-state index contributed by atoms with van der Waals surface area (Å²) in [7, 11) is 0. The van der Waals surface area contributed by atoms with Crippen molar-refractivity contribution in [2.24, 2.45) is 0 Å². The summed E-state index contributed by atoms with van der Waals surface area (Å²) in [4.78, 5) is 11.0. The quantitative estimate of drug-likeness (QED) is 0.630. The van der Waals surface area contributed by atoms with Crippen molar-refractivity contribution in [2.75, 3.05) is 5.33 Å². The molecule has 1 rings (SSSR count). The first-order valence-electron chi connectivity index (χ1n) is 4.43. The SMILES string of the molecule is O=C(CBr)Cc1ccc(OC(F)(F)F)cc1F. The summed E-state index contributed by atoms with van der Waals surface area (Å²) in [5, 5.41) is 0.0627. The van der Waals surface area contributed by atoms with Gasteiger partial charge in [0.25, 0.3) is 0 Å². The third-order valence-corrected chi connectivity index (χ3v) is 2.42. The minimum atomic E-state index is -4.86. The highest BCUT2D eigenvalue weighted by Crippen LogP contribution is 2.24. The van der Waals surface area contributed by atoms with Crippen molar-refractivity contribution in [3.63, 3.8) is 0 Å². The predicted molar refractivity (Wildman–Crippen MR) is 55.6 cm³/mol. The van der Waals surface area contributed by atoms with Crippen LogP contribution in [0.5, 0.6) is 5.75 Å². The van der Waals surface area contributed by atoms with E-state index >= 15 is 0 Å². The number of hydrogen-bond donors (Lipinski definition) is 0. The van der Waals surface area contributed by atoms with Crippen LogP contribution in [-0.4, -0.2) is 17.5 Å². The maximum absolute atomic E-state index is 13.3. The fourth-order valence-corrected chi connectivity index (χ4v) is 1.33. The van der Waals surface area contributed by atoms with Crippen LogP contribution < -0.4 is 4.74 Å². The highest BCUT2D eigenvalue weighted by Gasteiger charge is 2.31. The standard InChI is InChI=1S/C10H7BrF4O2/c11-5-7(16)3-6-1-2-8(4-9(6)12)17-10(13,14)15/h1-2,4H,3,5H2. The van der Waals surface area contributed by atoms with Crippen molar-refractivity contribution in [3.8, 4) is 5.75 Å². The van der Waals surface area contributed by atoms with Gasteiger partial charge >= 0.3 is 6.36 Å². The average Bonchev–Trinajstić information content (AvgIpc) is 2.19. The Morgan fingerprint density at radius 1 is 1.35 bits per heavy atom. The first kappa shape index (κ1) is 14.0. The van der Waals surface area contributed by atoms with Crippen LogP contribution in [0.1, 0.15) is 5.56 Å². The Labute approximate surface area is 103 Å². The number of hydrogen-bond acceptors (Lipinski definition) is 2. The molecular weight excluding hydrogens is 308 g/mol. The minimum absolute atomic E-state index is 0.0315. The lowest BCUT2D eigenvalue weighted by atomic mass is 10.1. The van der Waals surface area contributed by atoms with Crippen LogP contribution >= 0.6 is 15.9 Å². The topological polar surface area (TPSA) is 26.3 Å². The molecule has 0 aliphatic heterocycles. The first-order chi connectivity index (χ1) is 7.81. The van der Waals surface area contributed by atoms with Crippen molar-refractivity contribution in [2.45, 2.75) is 12.8 Å². The van der Waals surface area contributed by atoms with E-state index in [9.17, 15) is 22.4 Å². The van der Waals surface area contributed by atoms with E-state index in [0.29, 0.717) is 6.07 Å². The summed E-state index contributed by atoms with van der Waals surface area (Å²) in [5.74, 6) is -1.82. The molecular formula is C10H7BrF4O2. The molecule has 2 nitrogen and oxygen atoms in total. The Kier molecular flexibility index (Phi) is 4.50. The summed E-state index contributed by atoms with van der Waals surface area (Å²) in [5.41, 5.74) is 0.0315. The number of halogens is 5. The van der Waals surface area contributed by atoms with Gasteiger partial charge < -0.3 is 4.74 Å². The zero-order chi connectivity index (χ0) is 13.1. The average molecular weight is 315 g/mol. The van der Waals surface area contributed by atoms with Crippen molar-refractivity contribution in [1.29, 1.82) is 0 Å². The van der Waals surface area contributed by atoms with Crippen molar-refractivity contribution in [1.82, 2.24) is 0 Å². The van der Waals surface area contributed by atoms with Gasteiger partial charge in [-0.25, -0.2) is 4.39 Å². The molecule has 1 aromatic rings. The molecule has 0 atom stereocenters. The second kappa shape index (κ2) is 5.48. The first-order valence-corrected chi connectivity index (χ1v) is 5.56. The molecule has 0 aliphatic rings. The molecule has 7 heteroatoms. The van der Waals surface area contributed by atoms with Gasteiger partial charge in [0.15, 0.2) is 0 Å². The molecule has 0 aliphatic carbocycles. The van der Waals surface area contributed by atoms with Crippen LogP contribution in [0.3, 0.4) is 0 Å². The molecule has 0 radical (unpaired) electrons. The van der Waals surface area contributed by atoms with Gasteiger partial charge in [0, 0.05) is 12.5 Å². The number of carbonyl (C=O) groups excluding carboxylic acids is 1. The molecule has 0 fully saturated rings. The molecule has 0 amide bonds. The normalized spacial score (nSPS) is 11.4. The van der Waals surface area contributed by atoms with Gasteiger partial charge in [-0.05, 0) is 11.6 Å². The largest absolute Gasteiger partial charge is 0.573 e. The second-order valence-corrected chi connectivity index (χ2v) is 3.71. The molecule has 0 N–H and O–H groups in total. The van der Waals surface area contributed by atoms with Gasteiger partial charge in [-0.2, -0.15) is 0 Å². The van der Waals surface area contributed by atoms with E-state index in [4.69, 9.17) is 0 Å². The molecule has 0 saturated heterocycles. The molecule has 1 aromatic carbocycles. The van der Waals surface area contributed by atoms with E-state index in [1.807, 2.05) is 0 Å². The monoisotopic (exact) mass is 314 g/mol. The number of benzene rings is 1. The third-order valence-electron chi connectivity index (χ3n) is 1.79. The zero-order valence-electron chi connectivity index (χ0n) is 8.35. The summed E-state index contributed by atoms with van der Waals surface area (Å²) in [6.07, 6.45) is -5.04. The molecule has 0 spiro atoms. The Morgan fingerprint density at radius 3 is 2.47 bits per heavy atom. The van der Waals surface area contributed by atoms with Gasteiger partial charge in [-0.1, -0.05) is 22.0 Å². The van der Waals surface area contributed by atoms with Crippen LogP contribution in [0.4, 0.5) is 17.6 Å². The van der Waals surface area contributed by atoms with Gasteiger partial charge in [-0.15, -0.1) is 13.2 Å². The van der Waals surface area contributed by atoms with E-state index in [1.165, 1.54) is 0 Å². The lowest BCUT2D eigenvalue weighted by molar-refractivity contribution is -0.274. The van der Waals surface area contributed by atoms with Gasteiger partial charge in [0.05, 0.1) is 5.33 Å². The number of ether oxygens (including phenoxy) is 1. The smallest absolute Gasteiger partial charge is 0.406 e. The Hall–Kier alpha value is -1.11. The Morgan fingerprint density at radius 2 is 2.00 bits per heavy atom. The number of Topliss-reactive ketones (excluding diaryl/α,β-unsaturated/α-hetero) is 1. The van der Waals surface area contributed by atoms with E-state index in [0.717, 1.165) is 12.1 Å². The summed E-state index contributed by atoms with van der Waals surface area (Å²) >= 11 is 2.91. The van der Waals surface area contributed by atoms with Crippen molar-refractivity contribution >= 4 is 21.7 Å². The van der Waals surface area contributed by atoms with E-state index in [1.54, 1.807) is 0 Å². The third kappa shape index (κ3) is 4.72. The molecule has 0 aromatic heterocycles. The van der Waals surface area contributed by atoms with Gasteiger partial charge in [0.1, 0.15) is 17.3 Å². The van der Waals surface area contributed by atoms with Crippen LogP contribution in [0.2, 0.25) is 0 Å². The molecule has 0 saturated carbocycles. The zero-order valence-corrected chi connectivity index (χ0v) is 9.94. The summed E-state index contributed by atoms with van der Waals surface area (Å²) < 4.78 is 52.3. The lowest BCUT2D eigenvalue weighted by Crippen LogP contribution is -2.17. The Balaban J connectivity index is 2.83. The number of alkyl halides is 4. The molecule has 94 valence electrons. The minimum Gasteiger partial charge on any atom is -0.406 e. The molecule has 0 heterocycles. The van der Waals surface area contributed by atoms with Crippen LogP contribution in [-0.2, 0) is 11.2 Å². The number of carbonyl (C=O) groups is 1. The highest BCUT2D eigenvalue weighted by atomic mass is 79.9. The number of rotatable bonds is 4. The lowest BCUT2D eigenvalue weighted by Gasteiger charge is -2.09. The molecule has 0 bridgehead atoms. The Bertz CT molecular complexity index is 417. The van der Waals surface area contributed by atoms with Crippen molar-refractivity contribution in [3.05, 3.63) is 29.6 Å². The number of ketones is 1. The van der Waals surface area contributed by atoms with Crippen LogP contribution in [0.15, 0.2) is 18.2 Å². The van der Waals surface area contributed by atoms with E-state index in [2.05, 4.69) is 20.7 Å². The summed E-state index contributed by atoms with van der Waals surface area (Å²) in [6, 6.07) is 2.66. The van der Waals surface area contributed by atoms with Crippen LogP contribution in [0, 0.1) is 5.82 Å². The van der Waals surface area contributed by atoms with E-state index < -0.39 is 17.9 Å². The molecule has 17 heavy (non-hydrogen) atoms. The van der Waals surface area contributed by atoms with Crippen molar-refractivity contribution < 1.29 is 27.1 Å². The highest BCUT2D eigenvalue weighted by molar-refractivity contribution is 9.09. The maximum Gasteiger partial charge on any atom is 0.573 e. The van der Waals surface area contributed by atoms with E-state index in [-0.39, 0.29) is 23.1 Å². The van der Waals surface area contributed by atoms with Crippen LogP contribution in [0.25, 0.3) is 0 Å². The molecule has 0 unspecified atom stereocenters. The fraction of sp³-hybridized carbons (Fsp3) is 0.300. The van der Waals surface area contributed by atoms with Gasteiger partial charge in [0.2, 0.25) is 0 Å². The summed E-state index contributed by atoms with van der Waals surface area (Å²) in [6.45, 7) is 0. The second-order valence-electron chi connectivity index (χ2n) is 3.15. The predicted octanol–water partition coefficient (Wildman–Crippen LogP) is 3.23. The fourth-order valence-electron chi connectivity index (χ4n) is 1.13. The maximum atomic E-state index is 13.3.